The molecule has 124 valence electrons. The van der Waals surface area contributed by atoms with Gasteiger partial charge in [-0.2, -0.15) is 4.37 Å². The van der Waals surface area contributed by atoms with Gasteiger partial charge in [-0.25, -0.2) is 0 Å². The van der Waals surface area contributed by atoms with Crippen LogP contribution in [-0.2, 0) is 14.3 Å². The van der Waals surface area contributed by atoms with E-state index in [1.54, 1.807) is 0 Å². The van der Waals surface area contributed by atoms with Crippen molar-refractivity contribution in [3.05, 3.63) is 0 Å². The van der Waals surface area contributed by atoms with Gasteiger partial charge < -0.3 is 24.2 Å². The quantitative estimate of drug-likeness (QED) is 0.687. The van der Waals surface area contributed by atoms with Gasteiger partial charge in [0, 0.05) is 19.5 Å². The topological polar surface area (TPSA) is 94.0 Å². The Morgan fingerprint density at radius 3 is 2.91 bits per heavy atom. The molecule has 0 aliphatic carbocycles. The van der Waals surface area contributed by atoms with Crippen molar-refractivity contribution < 1.29 is 24.1 Å². The number of aromatic nitrogens is 2. The molecule has 1 aliphatic heterocycles. The molecule has 1 saturated heterocycles. The van der Waals surface area contributed by atoms with Gasteiger partial charge in [0.15, 0.2) is 0 Å². The minimum absolute atomic E-state index is 0.00214. The first kappa shape index (κ1) is 16.9. The van der Waals surface area contributed by atoms with E-state index in [4.69, 9.17) is 14.2 Å². The van der Waals surface area contributed by atoms with Crippen LogP contribution in [-0.4, -0.2) is 65.4 Å². The third kappa shape index (κ3) is 5.08. The van der Waals surface area contributed by atoms with Gasteiger partial charge in [-0.05, 0) is 6.42 Å². The molecule has 1 aliphatic rings. The van der Waals surface area contributed by atoms with Gasteiger partial charge in [0.1, 0.15) is 19.3 Å². The third-order valence-corrected chi connectivity index (χ3v) is 3.56. The van der Waals surface area contributed by atoms with Crippen molar-refractivity contribution in [2.45, 2.75) is 25.9 Å². The molecule has 1 aromatic rings. The molecule has 22 heavy (non-hydrogen) atoms. The van der Waals surface area contributed by atoms with Crippen molar-refractivity contribution >= 4 is 23.5 Å². The molecule has 0 saturated carbocycles. The van der Waals surface area contributed by atoms with Gasteiger partial charge in [0.2, 0.25) is 5.82 Å². The number of aliphatic hydroxyl groups is 1. The zero-order valence-electron chi connectivity index (χ0n) is 12.6. The van der Waals surface area contributed by atoms with Gasteiger partial charge >= 0.3 is 5.97 Å². The predicted molar refractivity (Wildman–Crippen MR) is 80.3 cm³/mol. The van der Waals surface area contributed by atoms with Gasteiger partial charge in [0.05, 0.1) is 24.9 Å². The number of esters is 1. The SMILES string of the molecule is CCCC(=O)OC[C@H](O)COc1nsnc1N1CCOCC1. The number of hydrogen-bond acceptors (Lipinski definition) is 9. The van der Waals surface area contributed by atoms with Crippen LogP contribution in [0.1, 0.15) is 19.8 Å². The highest BCUT2D eigenvalue weighted by molar-refractivity contribution is 6.99. The Hall–Kier alpha value is -1.45. The molecule has 8 nitrogen and oxygen atoms in total. The fraction of sp³-hybridized carbons (Fsp3) is 0.769. The maximum atomic E-state index is 11.2. The van der Waals surface area contributed by atoms with Crippen molar-refractivity contribution in [2.24, 2.45) is 0 Å². The van der Waals surface area contributed by atoms with Crippen molar-refractivity contribution in [3.8, 4) is 5.88 Å². The molecule has 2 rings (SSSR count). The molecule has 1 N–H and O–H groups in total. The van der Waals surface area contributed by atoms with Crippen LogP contribution in [0, 0.1) is 0 Å². The second-order valence-corrected chi connectivity index (χ2v) is 5.42. The molecule has 0 radical (unpaired) electrons. The van der Waals surface area contributed by atoms with E-state index in [0.717, 1.165) is 31.2 Å². The van der Waals surface area contributed by atoms with Crippen molar-refractivity contribution in [3.63, 3.8) is 0 Å². The Morgan fingerprint density at radius 1 is 1.41 bits per heavy atom. The summed E-state index contributed by atoms with van der Waals surface area (Å²) in [5, 5.41) is 9.79. The number of morpholine rings is 1. The van der Waals surface area contributed by atoms with Crippen molar-refractivity contribution in [2.75, 3.05) is 44.4 Å². The number of ether oxygens (including phenoxy) is 3. The van der Waals surface area contributed by atoms with Crippen LogP contribution in [0.2, 0.25) is 0 Å². The smallest absolute Gasteiger partial charge is 0.305 e. The molecular weight excluding hydrogens is 310 g/mol. The van der Waals surface area contributed by atoms with E-state index in [2.05, 4.69) is 8.75 Å². The first-order valence-electron chi connectivity index (χ1n) is 7.32. The molecule has 2 heterocycles. The number of rotatable bonds is 8. The van der Waals surface area contributed by atoms with Gasteiger partial charge in [-0.15, -0.1) is 4.37 Å². The van der Waals surface area contributed by atoms with E-state index in [-0.39, 0.29) is 19.2 Å². The molecule has 0 bridgehead atoms. The minimum Gasteiger partial charge on any atom is -0.472 e. The number of nitrogens with zero attached hydrogens (tertiary/aromatic N) is 3. The average molecular weight is 331 g/mol. The monoisotopic (exact) mass is 331 g/mol. The summed E-state index contributed by atoms with van der Waals surface area (Å²) in [5.41, 5.74) is 0. The summed E-state index contributed by atoms with van der Waals surface area (Å²) in [4.78, 5) is 13.3. The lowest BCUT2D eigenvalue weighted by molar-refractivity contribution is -0.147. The fourth-order valence-corrected chi connectivity index (χ4v) is 2.44. The highest BCUT2D eigenvalue weighted by atomic mass is 32.1. The highest BCUT2D eigenvalue weighted by Gasteiger charge is 2.20. The average Bonchev–Trinajstić information content (AvgIpc) is 3.00. The standard InChI is InChI=1S/C13H21N3O5S/c1-2-3-11(18)20-8-10(17)9-21-13-12(14-22-15-13)16-4-6-19-7-5-16/h10,17H,2-9H2,1H3/t10-/m0/s1. The van der Waals surface area contributed by atoms with Crippen molar-refractivity contribution in [1.29, 1.82) is 0 Å². The van der Waals surface area contributed by atoms with Crippen LogP contribution in [0.3, 0.4) is 0 Å². The van der Waals surface area contributed by atoms with Crippen LogP contribution >= 0.6 is 11.7 Å². The van der Waals surface area contributed by atoms with Crippen LogP contribution in [0.5, 0.6) is 5.88 Å². The Bertz CT molecular complexity index is 464. The number of carbonyl (C=O) groups excluding carboxylic acids is 1. The van der Waals surface area contributed by atoms with Gasteiger partial charge in [-0.1, -0.05) is 6.92 Å². The highest BCUT2D eigenvalue weighted by Crippen LogP contribution is 2.26. The Balaban J connectivity index is 1.76. The second-order valence-electron chi connectivity index (χ2n) is 4.89. The zero-order valence-corrected chi connectivity index (χ0v) is 13.4. The zero-order chi connectivity index (χ0) is 15.8. The summed E-state index contributed by atoms with van der Waals surface area (Å²) in [7, 11) is 0. The summed E-state index contributed by atoms with van der Waals surface area (Å²) < 4.78 is 24.0. The number of hydrogen-bond donors (Lipinski definition) is 1. The van der Waals surface area contributed by atoms with Crippen LogP contribution in [0.15, 0.2) is 0 Å². The lowest BCUT2D eigenvalue weighted by Gasteiger charge is -2.26. The third-order valence-electron chi connectivity index (χ3n) is 3.06. The summed E-state index contributed by atoms with van der Waals surface area (Å²) in [6, 6.07) is 0. The number of carbonyl (C=O) groups is 1. The summed E-state index contributed by atoms with van der Waals surface area (Å²) in [5.74, 6) is 0.750. The number of anilines is 1. The fourth-order valence-electron chi connectivity index (χ4n) is 1.92. The molecule has 0 amide bonds. The second kappa shape index (κ2) is 8.86. The lowest BCUT2D eigenvalue weighted by Crippen LogP contribution is -2.36. The Labute approximate surface area is 133 Å². The van der Waals surface area contributed by atoms with E-state index in [1.165, 1.54) is 0 Å². The van der Waals surface area contributed by atoms with E-state index >= 15 is 0 Å². The molecule has 0 aromatic carbocycles. The molecule has 1 aromatic heterocycles. The van der Waals surface area contributed by atoms with Crippen molar-refractivity contribution in [1.82, 2.24) is 8.75 Å². The minimum atomic E-state index is -0.889. The summed E-state index contributed by atoms with van der Waals surface area (Å²) in [6.45, 7) is 4.58. The van der Waals surface area contributed by atoms with Gasteiger partial charge in [0.25, 0.3) is 5.88 Å². The van der Waals surface area contributed by atoms with Crippen LogP contribution in [0.4, 0.5) is 5.82 Å². The van der Waals surface area contributed by atoms with E-state index in [1.807, 2.05) is 11.8 Å². The first-order valence-corrected chi connectivity index (χ1v) is 8.05. The maximum absolute atomic E-state index is 11.2. The van der Waals surface area contributed by atoms with Crippen LogP contribution in [0.25, 0.3) is 0 Å². The summed E-state index contributed by atoms with van der Waals surface area (Å²) >= 11 is 1.06. The molecule has 1 fully saturated rings. The van der Waals surface area contributed by atoms with Gasteiger partial charge in [-0.3, -0.25) is 4.79 Å². The Kier molecular flexibility index (Phi) is 6.81. The van der Waals surface area contributed by atoms with Crippen LogP contribution < -0.4 is 9.64 Å². The number of aliphatic hydroxyl groups excluding tert-OH is 1. The molecule has 9 heteroatoms. The molecule has 1 atom stereocenters. The normalized spacial score (nSPS) is 16.4. The summed E-state index contributed by atoms with van der Waals surface area (Å²) in [6.07, 6.45) is 0.184. The predicted octanol–water partition coefficient (Wildman–Crippen LogP) is 0.458. The molecular formula is C13H21N3O5S. The largest absolute Gasteiger partial charge is 0.472 e. The Morgan fingerprint density at radius 2 is 2.18 bits per heavy atom. The molecule has 0 spiro atoms. The lowest BCUT2D eigenvalue weighted by atomic mass is 10.3. The molecule has 0 unspecified atom stereocenters. The van der Waals surface area contributed by atoms with E-state index in [0.29, 0.717) is 31.3 Å². The van der Waals surface area contributed by atoms with E-state index in [9.17, 15) is 9.90 Å². The maximum Gasteiger partial charge on any atom is 0.305 e. The van der Waals surface area contributed by atoms with E-state index < -0.39 is 6.10 Å². The first-order chi connectivity index (χ1) is 10.7.